The van der Waals surface area contributed by atoms with E-state index < -0.39 is 0 Å². The van der Waals surface area contributed by atoms with Gasteiger partial charge in [-0.2, -0.15) is 0 Å². The first-order valence-corrected chi connectivity index (χ1v) is 6.66. The lowest BCUT2D eigenvalue weighted by molar-refractivity contribution is 0.0990. The van der Waals surface area contributed by atoms with Crippen molar-refractivity contribution in [3.05, 3.63) is 27.7 Å². The highest BCUT2D eigenvalue weighted by Gasteiger charge is 2.21. The van der Waals surface area contributed by atoms with Crippen LogP contribution in [-0.2, 0) is 5.41 Å². The first-order chi connectivity index (χ1) is 8.31. The molecule has 0 fully saturated rings. The van der Waals surface area contributed by atoms with Crippen molar-refractivity contribution in [2.24, 2.45) is 0 Å². The maximum absolute atomic E-state index is 12.1. The Morgan fingerprint density at radius 2 is 2.00 bits per heavy atom. The minimum Gasteiger partial charge on any atom is -0.495 e. The number of benzene rings is 1. The fourth-order valence-corrected chi connectivity index (χ4v) is 2.32. The molecule has 0 aliphatic rings. The third-order valence-corrected chi connectivity index (χ3v) is 3.34. The molecule has 0 aliphatic heterocycles. The van der Waals surface area contributed by atoms with Crippen LogP contribution in [-0.4, -0.2) is 26.5 Å². The Morgan fingerprint density at radius 1 is 1.39 bits per heavy atom. The number of ether oxygens (including phenoxy) is 1. The van der Waals surface area contributed by atoms with E-state index in [0.29, 0.717) is 17.9 Å². The molecule has 1 N–H and O–H groups in total. The van der Waals surface area contributed by atoms with Crippen LogP contribution < -0.4 is 10.1 Å². The number of likely N-dealkylation sites (N-methyl/N-ethyl adjacent to an activating group) is 1. The first-order valence-electron chi connectivity index (χ1n) is 5.87. The van der Waals surface area contributed by atoms with Crippen molar-refractivity contribution in [1.29, 1.82) is 0 Å². The van der Waals surface area contributed by atoms with Gasteiger partial charge in [0.2, 0.25) is 0 Å². The van der Waals surface area contributed by atoms with Gasteiger partial charge in [-0.05, 0) is 46.1 Å². The topological polar surface area (TPSA) is 38.3 Å². The third-order valence-electron chi connectivity index (χ3n) is 2.75. The van der Waals surface area contributed by atoms with Crippen LogP contribution in [0.3, 0.4) is 0 Å². The number of carbonyl (C=O) groups excluding carboxylic acids is 1. The Labute approximate surface area is 117 Å². The summed E-state index contributed by atoms with van der Waals surface area (Å²) in [6, 6.07) is 3.93. The number of ketones is 1. The molecular weight excluding hydrogens is 294 g/mol. The molecule has 0 unspecified atom stereocenters. The van der Waals surface area contributed by atoms with Gasteiger partial charge in [-0.3, -0.25) is 4.79 Å². The van der Waals surface area contributed by atoms with Gasteiger partial charge in [-0.1, -0.05) is 20.8 Å². The van der Waals surface area contributed by atoms with E-state index in [9.17, 15) is 4.79 Å². The number of hydrogen-bond donors (Lipinski definition) is 1. The minimum absolute atomic E-state index is 0.0105. The molecule has 4 heteroatoms. The molecule has 1 rings (SSSR count). The molecule has 0 saturated heterocycles. The number of hydrogen-bond acceptors (Lipinski definition) is 3. The van der Waals surface area contributed by atoms with Gasteiger partial charge in [-0.25, -0.2) is 0 Å². The van der Waals surface area contributed by atoms with Gasteiger partial charge in [0.05, 0.1) is 23.7 Å². The molecule has 100 valence electrons. The van der Waals surface area contributed by atoms with Crippen LogP contribution in [0.25, 0.3) is 0 Å². The predicted molar refractivity (Wildman–Crippen MR) is 77.7 cm³/mol. The molecule has 0 amide bonds. The average Bonchev–Trinajstić information content (AvgIpc) is 2.27. The molecule has 1 aromatic carbocycles. The minimum atomic E-state index is -0.0105. The van der Waals surface area contributed by atoms with E-state index in [1.54, 1.807) is 14.2 Å². The molecule has 0 radical (unpaired) electrons. The molecule has 3 nitrogen and oxygen atoms in total. The lowest BCUT2D eigenvalue weighted by atomic mass is 9.85. The predicted octanol–water partition coefficient (Wildman–Crippen LogP) is 3.16. The second-order valence-corrected chi connectivity index (χ2v) is 6.10. The van der Waals surface area contributed by atoms with E-state index in [4.69, 9.17) is 4.74 Å². The number of nitrogens with one attached hydrogen (secondary N) is 1. The number of Topliss-reactive ketones (excluding diaryl/α,β-unsaturated/α-hetero) is 1. The van der Waals surface area contributed by atoms with E-state index in [-0.39, 0.29) is 11.2 Å². The molecule has 0 saturated carbocycles. The van der Waals surface area contributed by atoms with Crippen molar-refractivity contribution >= 4 is 21.7 Å². The quantitative estimate of drug-likeness (QED) is 0.868. The molecule has 18 heavy (non-hydrogen) atoms. The summed E-state index contributed by atoms with van der Waals surface area (Å²) in [4.78, 5) is 12.1. The Kier molecular flexibility index (Phi) is 4.93. The lowest BCUT2D eigenvalue weighted by Crippen LogP contribution is -2.20. The zero-order valence-electron chi connectivity index (χ0n) is 11.6. The van der Waals surface area contributed by atoms with Gasteiger partial charge in [0, 0.05) is 0 Å². The lowest BCUT2D eigenvalue weighted by Gasteiger charge is -2.22. The number of rotatable bonds is 4. The van der Waals surface area contributed by atoms with E-state index in [1.807, 2.05) is 12.1 Å². The Balaban J connectivity index is 3.37. The number of carbonyl (C=O) groups is 1. The second kappa shape index (κ2) is 5.85. The highest BCUT2D eigenvalue weighted by molar-refractivity contribution is 9.10. The van der Waals surface area contributed by atoms with Crippen LogP contribution in [0.1, 0.15) is 36.7 Å². The van der Waals surface area contributed by atoms with Crippen molar-refractivity contribution in [1.82, 2.24) is 5.32 Å². The highest BCUT2D eigenvalue weighted by atomic mass is 79.9. The number of methoxy groups -OCH3 is 1. The summed E-state index contributed by atoms with van der Waals surface area (Å²) in [6.45, 7) is 6.66. The maximum atomic E-state index is 12.1. The van der Waals surface area contributed by atoms with Gasteiger partial charge in [0.25, 0.3) is 0 Å². The van der Waals surface area contributed by atoms with Crippen LogP contribution in [0.2, 0.25) is 0 Å². The Bertz CT molecular complexity index is 450. The molecule has 0 bridgehead atoms. The first kappa shape index (κ1) is 15.2. The summed E-state index contributed by atoms with van der Waals surface area (Å²) in [5.41, 5.74) is 1.71. The Hall–Kier alpha value is -0.870. The van der Waals surface area contributed by atoms with Crippen LogP contribution >= 0.6 is 15.9 Å². The second-order valence-electron chi connectivity index (χ2n) is 5.24. The van der Waals surface area contributed by atoms with Gasteiger partial charge in [0.1, 0.15) is 5.75 Å². The summed E-state index contributed by atoms with van der Waals surface area (Å²) in [5, 5.41) is 2.87. The molecule has 0 aromatic heterocycles. The van der Waals surface area contributed by atoms with Crippen molar-refractivity contribution < 1.29 is 9.53 Å². The molecular formula is C14H20BrNO2. The smallest absolute Gasteiger partial charge is 0.180 e. The summed E-state index contributed by atoms with van der Waals surface area (Å²) in [7, 11) is 3.33. The maximum Gasteiger partial charge on any atom is 0.180 e. The highest BCUT2D eigenvalue weighted by Crippen LogP contribution is 2.35. The summed E-state index contributed by atoms with van der Waals surface area (Å²) < 4.78 is 6.13. The molecule has 0 heterocycles. The fraction of sp³-hybridized carbons (Fsp3) is 0.500. The normalized spacial score (nSPS) is 11.4. The Morgan fingerprint density at radius 3 is 2.44 bits per heavy atom. The van der Waals surface area contributed by atoms with Crippen molar-refractivity contribution in [3.63, 3.8) is 0 Å². The molecule has 0 spiro atoms. The van der Waals surface area contributed by atoms with E-state index in [1.165, 1.54) is 0 Å². The molecule has 0 atom stereocenters. The molecule has 1 aromatic rings. The van der Waals surface area contributed by atoms with Gasteiger partial charge >= 0.3 is 0 Å². The van der Waals surface area contributed by atoms with Crippen molar-refractivity contribution in [2.75, 3.05) is 20.7 Å². The van der Waals surface area contributed by atoms with Gasteiger partial charge in [-0.15, -0.1) is 0 Å². The van der Waals surface area contributed by atoms with Crippen molar-refractivity contribution in [2.45, 2.75) is 26.2 Å². The van der Waals surface area contributed by atoms with Crippen LogP contribution in [0.15, 0.2) is 16.6 Å². The van der Waals surface area contributed by atoms with Gasteiger partial charge < -0.3 is 10.1 Å². The zero-order chi connectivity index (χ0) is 13.9. The van der Waals surface area contributed by atoms with E-state index in [0.717, 1.165) is 10.0 Å². The van der Waals surface area contributed by atoms with Crippen molar-refractivity contribution in [3.8, 4) is 5.75 Å². The van der Waals surface area contributed by atoms with Gasteiger partial charge in [0.15, 0.2) is 5.78 Å². The fourth-order valence-electron chi connectivity index (χ4n) is 1.70. The molecule has 0 aliphatic carbocycles. The van der Waals surface area contributed by atoms with E-state index in [2.05, 4.69) is 42.0 Å². The summed E-state index contributed by atoms with van der Waals surface area (Å²) in [6.07, 6.45) is 0. The van der Waals surface area contributed by atoms with E-state index >= 15 is 0 Å². The standard InChI is InChI=1S/C14H20BrNO2/c1-14(2,3)9-6-10(12(17)8-16-4)13(18-5)11(15)7-9/h6-7,16H,8H2,1-5H3. The van der Waals surface area contributed by atoms with Crippen LogP contribution in [0.5, 0.6) is 5.75 Å². The summed E-state index contributed by atoms with van der Waals surface area (Å²) in [5.74, 6) is 0.629. The van der Waals surface area contributed by atoms with Crippen LogP contribution in [0.4, 0.5) is 0 Å². The largest absolute Gasteiger partial charge is 0.495 e. The summed E-state index contributed by atoms with van der Waals surface area (Å²) >= 11 is 3.47. The van der Waals surface area contributed by atoms with Crippen LogP contribution in [0, 0.1) is 0 Å². The zero-order valence-corrected chi connectivity index (χ0v) is 13.1. The average molecular weight is 314 g/mol. The third kappa shape index (κ3) is 3.33. The monoisotopic (exact) mass is 313 g/mol. The number of halogens is 1. The SMILES string of the molecule is CNCC(=O)c1cc(C(C)(C)C)cc(Br)c1OC.